The lowest BCUT2D eigenvalue weighted by Gasteiger charge is -2.15. The van der Waals surface area contributed by atoms with Gasteiger partial charge in [-0.1, -0.05) is 34.1 Å². The fourth-order valence-electron chi connectivity index (χ4n) is 3.97. The molecule has 3 heterocycles. The molecule has 34 heavy (non-hydrogen) atoms. The summed E-state index contributed by atoms with van der Waals surface area (Å²) in [5.74, 6) is -0.274. The minimum Gasteiger partial charge on any atom is -0.349 e. The topological polar surface area (TPSA) is 91.8 Å². The van der Waals surface area contributed by atoms with Crippen molar-refractivity contribution in [1.29, 1.82) is 0 Å². The zero-order valence-electron chi connectivity index (χ0n) is 18.2. The SMILES string of the molecule is O=C(NC[C@@H]1CCCN1)c1nc2nc(Nc3ccc(F)cc3)ncc2cc1-c1ccccc1Br. The van der Waals surface area contributed by atoms with Gasteiger partial charge in [-0.3, -0.25) is 4.79 Å². The Hall–Kier alpha value is -3.43. The maximum absolute atomic E-state index is 13.2. The van der Waals surface area contributed by atoms with Crippen LogP contribution in [0.2, 0.25) is 0 Å². The molecule has 2 aromatic heterocycles. The van der Waals surface area contributed by atoms with Crippen molar-refractivity contribution in [2.75, 3.05) is 18.4 Å². The largest absolute Gasteiger partial charge is 0.349 e. The van der Waals surface area contributed by atoms with E-state index in [1.807, 2.05) is 30.3 Å². The number of hydrogen-bond acceptors (Lipinski definition) is 6. The van der Waals surface area contributed by atoms with Crippen LogP contribution in [-0.4, -0.2) is 40.0 Å². The molecule has 5 rings (SSSR count). The van der Waals surface area contributed by atoms with E-state index in [9.17, 15) is 9.18 Å². The summed E-state index contributed by atoms with van der Waals surface area (Å²) < 4.78 is 14.1. The van der Waals surface area contributed by atoms with E-state index in [0.717, 1.165) is 29.4 Å². The molecule has 0 saturated carbocycles. The van der Waals surface area contributed by atoms with Crippen LogP contribution in [0.15, 0.2) is 65.3 Å². The van der Waals surface area contributed by atoms with E-state index in [-0.39, 0.29) is 17.8 Å². The summed E-state index contributed by atoms with van der Waals surface area (Å²) in [5.41, 5.74) is 2.88. The first-order valence-electron chi connectivity index (χ1n) is 11.0. The molecule has 7 nitrogen and oxygen atoms in total. The van der Waals surface area contributed by atoms with Crippen LogP contribution in [0.1, 0.15) is 23.3 Å². The monoisotopic (exact) mass is 520 g/mol. The van der Waals surface area contributed by atoms with Crippen molar-refractivity contribution in [3.63, 3.8) is 0 Å². The molecule has 172 valence electrons. The number of anilines is 2. The number of halogens is 2. The van der Waals surface area contributed by atoms with Crippen LogP contribution in [0.3, 0.4) is 0 Å². The molecular weight excluding hydrogens is 499 g/mol. The summed E-state index contributed by atoms with van der Waals surface area (Å²) in [6.45, 7) is 1.51. The maximum atomic E-state index is 13.2. The van der Waals surface area contributed by atoms with E-state index in [1.54, 1.807) is 18.3 Å². The molecule has 2 aromatic carbocycles. The number of rotatable bonds is 6. The van der Waals surface area contributed by atoms with Gasteiger partial charge in [0.25, 0.3) is 5.91 Å². The first-order valence-corrected chi connectivity index (χ1v) is 11.8. The molecule has 1 amide bonds. The molecular formula is C25H22BrFN6O. The maximum Gasteiger partial charge on any atom is 0.270 e. The molecule has 9 heteroatoms. The van der Waals surface area contributed by atoms with Gasteiger partial charge in [0.05, 0.1) is 0 Å². The number of carbonyl (C=O) groups excluding carboxylic acids is 1. The van der Waals surface area contributed by atoms with Gasteiger partial charge in [-0.2, -0.15) is 4.98 Å². The second-order valence-corrected chi connectivity index (χ2v) is 8.96. The number of carbonyl (C=O) groups is 1. The lowest BCUT2D eigenvalue weighted by molar-refractivity contribution is 0.0946. The normalized spacial score (nSPS) is 15.4. The van der Waals surface area contributed by atoms with Crippen LogP contribution >= 0.6 is 15.9 Å². The van der Waals surface area contributed by atoms with Crippen molar-refractivity contribution in [3.8, 4) is 11.1 Å². The van der Waals surface area contributed by atoms with Crippen molar-refractivity contribution in [3.05, 3.63) is 76.8 Å². The number of fused-ring (bicyclic) bond motifs is 1. The summed E-state index contributed by atoms with van der Waals surface area (Å²) in [7, 11) is 0. The molecule has 1 aliphatic heterocycles. The van der Waals surface area contributed by atoms with Crippen LogP contribution in [0.4, 0.5) is 16.0 Å². The number of nitrogens with one attached hydrogen (secondary N) is 3. The molecule has 0 radical (unpaired) electrons. The average Bonchev–Trinajstić information content (AvgIpc) is 3.37. The van der Waals surface area contributed by atoms with Gasteiger partial charge in [0, 0.05) is 39.9 Å². The van der Waals surface area contributed by atoms with Crippen LogP contribution in [0.5, 0.6) is 0 Å². The van der Waals surface area contributed by atoms with E-state index in [0.29, 0.717) is 40.5 Å². The van der Waals surface area contributed by atoms with Crippen LogP contribution in [0, 0.1) is 5.82 Å². The van der Waals surface area contributed by atoms with Crippen molar-refractivity contribution in [2.24, 2.45) is 0 Å². The molecule has 4 aromatic rings. The standard InChI is InChI=1S/C25H22BrFN6O/c26-21-6-2-1-5-19(21)20-12-15-13-30-25(31-17-9-7-16(27)8-10-17)33-23(15)32-22(20)24(34)29-14-18-4-3-11-28-18/h1-2,5-10,12-13,18,28H,3-4,11,14H2,(H,29,34)(H,30,31,32,33)/t18-/m0/s1. The highest BCUT2D eigenvalue weighted by Crippen LogP contribution is 2.32. The number of pyridine rings is 1. The van der Waals surface area contributed by atoms with Gasteiger partial charge in [0.2, 0.25) is 5.95 Å². The number of aromatic nitrogens is 3. The predicted molar refractivity (Wildman–Crippen MR) is 134 cm³/mol. The molecule has 1 atom stereocenters. The lowest BCUT2D eigenvalue weighted by Crippen LogP contribution is -2.37. The van der Waals surface area contributed by atoms with Gasteiger partial charge in [-0.05, 0) is 61.3 Å². The summed E-state index contributed by atoms with van der Waals surface area (Å²) in [6.07, 6.45) is 3.80. The van der Waals surface area contributed by atoms with Crippen LogP contribution < -0.4 is 16.0 Å². The molecule has 1 fully saturated rings. The Morgan fingerprint density at radius 2 is 1.94 bits per heavy atom. The average molecular weight is 521 g/mol. The second kappa shape index (κ2) is 9.82. The van der Waals surface area contributed by atoms with Gasteiger partial charge in [0.1, 0.15) is 11.5 Å². The quantitative estimate of drug-likeness (QED) is 0.337. The highest BCUT2D eigenvalue weighted by Gasteiger charge is 2.21. The third kappa shape index (κ3) is 4.90. The first kappa shape index (κ1) is 22.4. The molecule has 0 spiro atoms. The van der Waals surface area contributed by atoms with Gasteiger partial charge in [0.15, 0.2) is 5.65 Å². The van der Waals surface area contributed by atoms with Crippen molar-refractivity contribution in [1.82, 2.24) is 25.6 Å². The Kier molecular flexibility index (Phi) is 6.46. The number of benzene rings is 2. The molecule has 0 unspecified atom stereocenters. The van der Waals surface area contributed by atoms with Gasteiger partial charge in [-0.25, -0.2) is 14.4 Å². The first-order chi connectivity index (χ1) is 16.6. The Balaban J connectivity index is 1.52. The lowest BCUT2D eigenvalue weighted by atomic mass is 10.0. The van der Waals surface area contributed by atoms with Gasteiger partial charge < -0.3 is 16.0 Å². The predicted octanol–water partition coefficient (Wildman–Crippen LogP) is 4.82. The zero-order valence-corrected chi connectivity index (χ0v) is 19.8. The summed E-state index contributed by atoms with van der Waals surface area (Å²) in [6, 6.07) is 15.8. The third-order valence-electron chi connectivity index (χ3n) is 5.72. The van der Waals surface area contributed by atoms with E-state index in [1.165, 1.54) is 12.1 Å². The van der Waals surface area contributed by atoms with E-state index in [2.05, 4.69) is 46.8 Å². The Labute approximate surface area is 204 Å². The van der Waals surface area contributed by atoms with E-state index in [4.69, 9.17) is 0 Å². The fourth-order valence-corrected chi connectivity index (χ4v) is 4.47. The van der Waals surface area contributed by atoms with Crippen LogP contribution in [-0.2, 0) is 0 Å². The number of nitrogens with zero attached hydrogens (tertiary/aromatic N) is 3. The molecule has 1 saturated heterocycles. The van der Waals surface area contributed by atoms with Crippen molar-refractivity contribution < 1.29 is 9.18 Å². The highest BCUT2D eigenvalue weighted by molar-refractivity contribution is 9.10. The van der Waals surface area contributed by atoms with Crippen molar-refractivity contribution >= 4 is 44.5 Å². The fraction of sp³-hybridized carbons (Fsp3) is 0.200. The third-order valence-corrected chi connectivity index (χ3v) is 6.41. The second-order valence-electron chi connectivity index (χ2n) is 8.11. The van der Waals surface area contributed by atoms with Crippen LogP contribution in [0.25, 0.3) is 22.2 Å². The Morgan fingerprint density at radius 3 is 2.71 bits per heavy atom. The zero-order chi connectivity index (χ0) is 23.5. The Bertz CT molecular complexity index is 1340. The number of hydrogen-bond donors (Lipinski definition) is 3. The highest BCUT2D eigenvalue weighted by atomic mass is 79.9. The minimum absolute atomic E-state index is 0.256. The van der Waals surface area contributed by atoms with Crippen molar-refractivity contribution in [2.45, 2.75) is 18.9 Å². The smallest absolute Gasteiger partial charge is 0.270 e. The minimum atomic E-state index is -0.324. The molecule has 0 aliphatic carbocycles. The van der Waals surface area contributed by atoms with E-state index < -0.39 is 0 Å². The number of amides is 1. The molecule has 3 N–H and O–H groups in total. The molecule has 1 aliphatic rings. The van der Waals surface area contributed by atoms with E-state index >= 15 is 0 Å². The van der Waals surface area contributed by atoms with Gasteiger partial charge in [-0.15, -0.1) is 0 Å². The summed E-state index contributed by atoms with van der Waals surface area (Å²) >= 11 is 3.59. The van der Waals surface area contributed by atoms with Gasteiger partial charge >= 0.3 is 0 Å². The summed E-state index contributed by atoms with van der Waals surface area (Å²) in [5, 5.41) is 10.2. The molecule has 0 bridgehead atoms. The Morgan fingerprint density at radius 1 is 1.12 bits per heavy atom. The summed E-state index contributed by atoms with van der Waals surface area (Å²) in [4.78, 5) is 26.8.